The smallest absolute Gasteiger partial charge is 0.0767 e. The Labute approximate surface area is 122 Å². The molecule has 19 heavy (non-hydrogen) atoms. The minimum Gasteiger partial charge on any atom is -0.377 e. The number of hydrogen-bond donors (Lipinski definition) is 1. The van der Waals surface area contributed by atoms with Crippen molar-refractivity contribution in [1.29, 1.82) is 0 Å². The quantitative estimate of drug-likeness (QED) is 0.897. The lowest BCUT2D eigenvalue weighted by Gasteiger charge is -2.25. The number of rotatable bonds is 5. The molecular weight excluding hydrogens is 274 g/mol. The van der Waals surface area contributed by atoms with Gasteiger partial charge in [-0.3, -0.25) is 5.32 Å². The van der Waals surface area contributed by atoms with Crippen molar-refractivity contribution in [3.63, 3.8) is 0 Å². The summed E-state index contributed by atoms with van der Waals surface area (Å²) in [5.74, 6) is 0. The molecule has 0 spiro atoms. The molecule has 1 aliphatic rings. The minimum atomic E-state index is 0.305. The zero-order valence-corrected chi connectivity index (χ0v) is 12.7. The predicted octanol–water partition coefficient (Wildman–Crippen LogP) is 4.06. The van der Waals surface area contributed by atoms with Crippen molar-refractivity contribution in [1.82, 2.24) is 5.32 Å². The largest absolute Gasteiger partial charge is 0.377 e. The van der Waals surface area contributed by atoms with Crippen LogP contribution in [0.4, 0.5) is 0 Å². The van der Waals surface area contributed by atoms with Gasteiger partial charge in [0.05, 0.1) is 12.1 Å². The van der Waals surface area contributed by atoms with E-state index in [4.69, 9.17) is 4.74 Å². The van der Waals surface area contributed by atoms with Gasteiger partial charge in [-0.25, -0.2) is 0 Å². The highest BCUT2D eigenvalue weighted by Crippen LogP contribution is 2.30. The van der Waals surface area contributed by atoms with Crippen LogP contribution in [0, 0.1) is 0 Å². The molecule has 0 aromatic carbocycles. The van der Waals surface area contributed by atoms with Gasteiger partial charge in [0.2, 0.25) is 0 Å². The summed E-state index contributed by atoms with van der Waals surface area (Å²) >= 11 is 3.63. The molecule has 3 heterocycles. The Morgan fingerprint density at radius 1 is 1.21 bits per heavy atom. The Balaban J connectivity index is 1.76. The van der Waals surface area contributed by atoms with E-state index in [1.807, 2.05) is 22.7 Å². The first-order valence-corrected chi connectivity index (χ1v) is 8.55. The predicted molar refractivity (Wildman–Crippen MR) is 82.1 cm³/mol. The van der Waals surface area contributed by atoms with Crippen molar-refractivity contribution in [3.05, 3.63) is 44.8 Å². The van der Waals surface area contributed by atoms with Crippen molar-refractivity contribution in [2.75, 3.05) is 6.61 Å². The summed E-state index contributed by atoms with van der Waals surface area (Å²) in [6.45, 7) is 3.16. The summed E-state index contributed by atoms with van der Waals surface area (Å²) in [4.78, 5) is 2.76. The van der Waals surface area contributed by atoms with Gasteiger partial charge in [0.25, 0.3) is 0 Å². The highest BCUT2D eigenvalue weighted by atomic mass is 32.1. The van der Waals surface area contributed by atoms with Crippen LogP contribution in [0.5, 0.6) is 0 Å². The minimum absolute atomic E-state index is 0.305. The van der Waals surface area contributed by atoms with E-state index in [2.05, 4.69) is 47.3 Å². The van der Waals surface area contributed by atoms with E-state index < -0.39 is 0 Å². The molecule has 0 aliphatic carbocycles. The summed E-state index contributed by atoms with van der Waals surface area (Å²) in [5.41, 5.74) is 0. The second-order valence-electron chi connectivity index (χ2n) is 4.97. The van der Waals surface area contributed by atoms with Crippen LogP contribution < -0.4 is 5.32 Å². The lowest BCUT2D eigenvalue weighted by atomic mass is 10.1. The van der Waals surface area contributed by atoms with E-state index in [1.165, 1.54) is 22.6 Å². The van der Waals surface area contributed by atoms with Crippen LogP contribution in [0.3, 0.4) is 0 Å². The summed E-state index contributed by atoms with van der Waals surface area (Å²) in [5, 5.41) is 8.05. The van der Waals surface area contributed by atoms with Gasteiger partial charge in [-0.2, -0.15) is 0 Å². The van der Waals surface area contributed by atoms with Crippen LogP contribution in [-0.2, 0) is 4.74 Å². The van der Waals surface area contributed by atoms with Crippen molar-refractivity contribution in [2.45, 2.75) is 38.0 Å². The fourth-order valence-corrected chi connectivity index (χ4v) is 4.26. The molecule has 0 radical (unpaired) electrons. The standard InChI is InChI=1S/C15H19NOS2/c1-11(12-5-2-8-17-12)16-15(13-6-3-9-18-13)14-7-4-10-19-14/h3-4,6-7,9-12,15-16H,2,5,8H2,1H3. The maximum absolute atomic E-state index is 5.79. The Hall–Kier alpha value is -0.680. The Morgan fingerprint density at radius 2 is 1.89 bits per heavy atom. The van der Waals surface area contributed by atoms with Gasteiger partial charge in [-0.1, -0.05) is 12.1 Å². The average Bonchev–Trinajstić information content (AvgIpc) is 3.17. The number of nitrogens with one attached hydrogen (secondary N) is 1. The Bertz CT molecular complexity index is 440. The van der Waals surface area contributed by atoms with Crippen LogP contribution in [0.15, 0.2) is 35.0 Å². The van der Waals surface area contributed by atoms with Gasteiger partial charge < -0.3 is 4.74 Å². The molecule has 3 rings (SSSR count). The summed E-state index contributed by atoms with van der Waals surface area (Å²) in [7, 11) is 0. The molecule has 2 aromatic heterocycles. The topological polar surface area (TPSA) is 21.3 Å². The first-order valence-electron chi connectivity index (χ1n) is 6.79. The zero-order chi connectivity index (χ0) is 13.1. The molecule has 0 amide bonds. The average molecular weight is 293 g/mol. The Kier molecular flexibility index (Phi) is 4.33. The van der Waals surface area contributed by atoms with E-state index in [0.29, 0.717) is 18.2 Å². The third-order valence-electron chi connectivity index (χ3n) is 3.61. The van der Waals surface area contributed by atoms with Gasteiger partial charge in [-0.15, -0.1) is 22.7 Å². The lowest BCUT2D eigenvalue weighted by Crippen LogP contribution is -2.39. The summed E-state index contributed by atoms with van der Waals surface area (Å²) in [6.07, 6.45) is 2.73. The van der Waals surface area contributed by atoms with Gasteiger partial charge in [-0.05, 0) is 42.7 Å². The SMILES string of the molecule is CC(NC(c1cccs1)c1cccs1)C1CCCO1. The maximum atomic E-state index is 5.79. The van der Waals surface area contributed by atoms with Crippen LogP contribution in [-0.4, -0.2) is 18.8 Å². The molecule has 2 aromatic rings. The molecule has 2 atom stereocenters. The Morgan fingerprint density at radius 3 is 2.37 bits per heavy atom. The molecule has 0 bridgehead atoms. The number of ether oxygens (including phenoxy) is 1. The van der Waals surface area contributed by atoms with Gasteiger partial charge in [0, 0.05) is 22.4 Å². The molecular formula is C15H19NOS2. The molecule has 1 N–H and O–H groups in total. The van der Waals surface area contributed by atoms with Crippen LogP contribution >= 0.6 is 22.7 Å². The van der Waals surface area contributed by atoms with E-state index in [-0.39, 0.29) is 0 Å². The van der Waals surface area contributed by atoms with Gasteiger partial charge >= 0.3 is 0 Å². The highest BCUT2D eigenvalue weighted by Gasteiger charge is 2.26. The summed E-state index contributed by atoms with van der Waals surface area (Å²) in [6, 6.07) is 9.36. The zero-order valence-electron chi connectivity index (χ0n) is 11.0. The van der Waals surface area contributed by atoms with Crippen molar-refractivity contribution in [2.24, 2.45) is 0 Å². The third kappa shape index (κ3) is 3.08. The molecule has 4 heteroatoms. The molecule has 0 saturated carbocycles. The third-order valence-corrected chi connectivity index (χ3v) is 5.48. The molecule has 2 unspecified atom stereocenters. The molecule has 1 fully saturated rings. The van der Waals surface area contributed by atoms with Crippen molar-refractivity contribution < 1.29 is 4.74 Å². The molecule has 2 nitrogen and oxygen atoms in total. The van der Waals surface area contributed by atoms with E-state index in [9.17, 15) is 0 Å². The normalized spacial score (nSPS) is 21.1. The van der Waals surface area contributed by atoms with Crippen LogP contribution in [0.1, 0.15) is 35.6 Å². The fourth-order valence-electron chi connectivity index (χ4n) is 2.58. The fraction of sp³-hybridized carbons (Fsp3) is 0.467. The first kappa shape index (κ1) is 13.3. The van der Waals surface area contributed by atoms with Gasteiger partial charge in [0.1, 0.15) is 0 Å². The maximum Gasteiger partial charge on any atom is 0.0767 e. The highest BCUT2D eigenvalue weighted by molar-refractivity contribution is 7.11. The molecule has 1 aliphatic heterocycles. The second-order valence-corrected chi connectivity index (χ2v) is 6.93. The van der Waals surface area contributed by atoms with Crippen LogP contribution in [0.25, 0.3) is 0 Å². The number of hydrogen-bond acceptors (Lipinski definition) is 4. The molecule has 1 saturated heterocycles. The second kappa shape index (κ2) is 6.18. The first-order chi connectivity index (χ1) is 9.34. The van der Waals surface area contributed by atoms with Crippen molar-refractivity contribution >= 4 is 22.7 Å². The van der Waals surface area contributed by atoms with E-state index >= 15 is 0 Å². The van der Waals surface area contributed by atoms with Gasteiger partial charge in [0.15, 0.2) is 0 Å². The van der Waals surface area contributed by atoms with Crippen LogP contribution in [0.2, 0.25) is 0 Å². The summed E-state index contributed by atoms with van der Waals surface area (Å²) < 4.78 is 5.79. The molecule has 102 valence electrons. The number of thiophene rings is 2. The van der Waals surface area contributed by atoms with Crippen molar-refractivity contribution in [3.8, 4) is 0 Å². The van der Waals surface area contributed by atoms with E-state index in [1.54, 1.807) is 0 Å². The monoisotopic (exact) mass is 293 g/mol. The van der Waals surface area contributed by atoms with E-state index in [0.717, 1.165) is 6.61 Å². The lowest BCUT2D eigenvalue weighted by molar-refractivity contribution is 0.0815.